The van der Waals surface area contributed by atoms with E-state index in [4.69, 9.17) is 9.72 Å². The molecule has 1 aliphatic carbocycles. The highest BCUT2D eigenvalue weighted by atomic mass is 32.1. The number of ether oxygens (including phenoxy) is 1. The minimum atomic E-state index is -0.640. The van der Waals surface area contributed by atoms with Gasteiger partial charge in [0.05, 0.1) is 30.2 Å². The molecule has 0 aliphatic heterocycles. The summed E-state index contributed by atoms with van der Waals surface area (Å²) in [5.74, 6) is 1.29. The predicted molar refractivity (Wildman–Crippen MR) is 134 cm³/mol. The van der Waals surface area contributed by atoms with Gasteiger partial charge in [-0.3, -0.25) is 9.69 Å². The molecule has 2 N–H and O–H groups in total. The van der Waals surface area contributed by atoms with Crippen LogP contribution in [0.5, 0.6) is 0 Å². The van der Waals surface area contributed by atoms with Gasteiger partial charge in [-0.05, 0) is 57.1 Å². The van der Waals surface area contributed by atoms with Crippen LogP contribution in [0.4, 0.5) is 0 Å². The van der Waals surface area contributed by atoms with E-state index in [1.54, 1.807) is 11.3 Å². The highest BCUT2D eigenvalue weighted by Gasteiger charge is 2.24. The molecule has 7 heteroatoms. The average molecular weight is 470 g/mol. The fraction of sp³-hybridized carbons (Fsp3) is 0.538. The zero-order valence-electron chi connectivity index (χ0n) is 20.1. The Morgan fingerprint density at radius 3 is 2.76 bits per heavy atom. The highest BCUT2D eigenvalue weighted by Crippen LogP contribution is 2.35. The van der Waals surface area contributed by atoms with Crippen molar-refractivity contribution in [2.24, 2.45) is 5.92 Å². The fourth-order valence-corrected chi connectivity index (χ4v) is 5.81. The smallest absolute Gasteiger partial charge is 0.259 e. The van der Waals surface area contributed by atoms with Gasteiger partial charge in [-0.25, -0.2) is 4.98 Å². The van der Waals surface area contributed by atoms with Crippen LogP contribution in [-0.4, -0.2) is 44.8 Å². The molecule has 0 unspecified atom stereocenters. The molecule has 2 heterocycles. The molecule has 6 nitrogen and oxygen atoms in total. The van der Waals surface area contributed by atoms with Gasteiger partial charge in [0.15, 0.2) is 0 Å². The van der Waals surface area contributed by atoms with Crippen LogP contribution in [0.1, 0.15) is 55.9 Å². The third-order valence-corrected chi connectivity index (χ3v) is 7.16. The highest BCUT2D eigenvalue weighted by molar-refractivity contribution is 7.18. The molecular formula is C26H35N3O3S. The SMILES string of the molecule is C[C@H]1CCc2c(sc3nc(CN(Cc4ccccc4)C[C@@H](O)COC(C)(C)C)[nH]c(=O)c23)C1. The molecule has 178 valence electrons. The molecule has 1 aromatic carbocycles. The number of benzene rings is 1. The lowest BCUT2D eigenvalue weighted by Crippen LogP contribution is -2.37. The van der Waals surface area contributed by atoms with Gasteiger partial charge in [0.2, 0.25) is 0 Å². The summed E-state index contributed by atoms with van der Waals surface area (Å²) < 4.78 is 5.78. The Balaban J connectivity index is 1.56. The van der Waals surface area contributed by atoms with Crippen LogP contribution in [0.25, 0.3) is 10.2 Å². The molecule has 4 rings (SSSR count). The monoisotopic (exact) mass is 469 g/mol. The first-order valence-corrected chi connectivity index (χ1v) is 12.6. The normalized spacial score (nSPS) is 17.5. The van der Waals surface area contributed by atoms with Gasteiger partial charge in [0.25, 0.3) is 5.56 Å². The van der Waals surface area contributed by atoms with Crippen molar-refractivity contribution in [1.82, 2.24) is 14.9 Å². The third kappa shape index (κ3) is 6.29. The number of nitrogens with one attached hydrogen (secondary N) is 1. The van der Waals surface area contributed by atoms with Gasteiger partial charge < -0.3 is 14.8 Å². The Morgan fingerprint density at radius 1 is 1.27 bits per heavy atom. The quantitative estimate of drug-likeness (QED) is 0.515. The standard InChI is InChI=1S/C26H35N3O3S/c1-17-10-11-20-21(12-17)33-25-23(20)24(31)27-22(28-25)15-29(13-18-8-6-5-7-9-18)14-19(30)16-32-26(2,3)4/h5-9,17,19,30H,10-16H2,1-4H3,(H,27,28,31)/t17-,19+/m0/s1. The molecule has 0 saturated heterocycles. The molecule has 0 bridgehead atoms. The number of aryl methyl sites for hydroxylation is 1. The summed E-state index contributed by atoms with van der Waals surface area (Å²) in [6.45, 7) is 9.98. The van der Waals surface area contributed by atoms with E-state index in [9.17, 15) is 9.90 Å². The summed E-state index contributed by atoms with van der Waals surface area (Å²) >= 11 is 1.67. The van der Waals surface area contributed by atoms with Gasteiger partial charge in [0, 0.05) is 18.0 Å². The number of rotatable bonds is 8. The molecule has 0 amide bonds. The number of aliphatic hydroxyl groups excluding tert-OH is 1. The molecule has 0 saturated carbocycles. The summed E-state index contributed by atoms with van der Waals surface area (Å²) in [6.07, 6.45) is 2.48. The zero-order chi connectivity index (χ0) is 23.6. The van der Waals surface area contributed by atoms with Crippen LogP contribution in [0.3, 0.4) is 0 Å². The number of fused-ring (bicyclic) bond motifs is 3. The summed E-state index contributed by atoms with van der Waals surface area (Å²) in [7, 11) is 0. The summed E-state index contributed by atoms with van der Waals surface area (Å²) in [5.41, 5.74) is 1.99. The van der Waals surface area contributed by atoms with E-state index in [0.29, 0.717) is 31.4 Å². The van der Waals surface area contributed by atoms with Crippen molar-refractivity contribution in [1.29, 1.82) is 0 Å². The van der Waals surface area contributed by atoms with E-state index < -0.39 is 6.10 Å². The van der Waals surface area contributed by atoms with E-state index in [1.807, 2.05) is 39.0 Å². The minimum Gasteiger partial charge on any atom is -0.389 e. The lowest BCUT2D eigenvalue weighted by atomic mass is 9.89. The van der Waals surface area contributed by atoms with E-state index in [2.05, 4.69) is 28.9 Å². The van der Waals surface area contributed by atoms with Crippen molar-refractivity contribution < 1.29 is 9.84 Å². The first-order chi connectivity index (χ1) is 15.7. The van der Waals surface area contributed by atoms with Crippen molar-refractivity contribution in [3.63, 3.8) is 0 Å². The molecule has 0 spiro atoms. The van der Waals surface area contributed by atoms with Crippen molar-refractivity contribution in [3.05, 3.63) is 62.5 Å². The van der Waals surface area contributed by atoms with Crippen LogP contribution in [0.2, 0.25) is 0 Å². The van der Waals surface area contributed by atoms with Crippen LogP contribution >= 0.6 is 11.3 Å². The maximum Gasteiger partial charge on any atom is 0.259 e. The van der Waals surface area contributed by atoms with Crippen LogP contribution in [0, 0.1) is 5.92 Å². The number of hydrogen-bond acceptors (Lipinski definition) is 6. The van der Waals surface area contributed by atoms with Crippen molar-refractivity contribution in [3.8, 4) is 0 Å². The predicted octanol–water partition coefficient (Wildman–Crippen LogP) is 4.29. The average Bonchev–Trinajstić information content (AvgIpc) is 3.10. The molecule has 2 atom stereocenters. The Kier molecular flexibility index (Phi) is 7.34. The fourth-order valence-electron chi connectivity index (χ4n) is 4.40. The number of aliphatic hydroxyl groups is 1. The Hall–Kier alpha value is -2.06. The second kappa shape index (κ2) is 10.1. The molecule has 0 radical (unpaired) electrons. The van der Waals surface area contributed by atoms with Crippen LogP contribution < -0.4 is 5.56 Å². The molecule has 1 aliphatic rings. The number of aromatic amines is 1. The van der Waals surface area contributed by atoms with Gasteiger partial charge in [0.1, 0.15) is 10.7 Å². The van der Waals surface area contributed by atoms with Crippen molar-refractivity contribution in [2.75, 3.05) is 13.2 Å². The van der Waals surface area contributed by atoms with E-state index in [-0.39, 0.29) is 17.8 Å². The molecule has 3 aromatic rings. The van der Waals surface area contributed by atoms with Gasteiger partial charge >= 0.3 is 0 Å². The summed E-state index contributed by atoms with van der Waals surface area (Å²) in [5, 5.41) is 11.4. The number of hydrogen-bond donors (Lipinski definition) is 2. The number of nitrogens with zero attached hydrogens (tertiary/aromatic N) is 2. The first-order valence-electron chi connectivity index (χ1n) is 11.8. The minimum absolute atomic E-state index is 0.0432. The third-order valence-electron chi connectivity index (χ3n) is 6.01. The second-order valence-corrected chi connectivity index (χ2v) is 11.4. The Bertz CT molecular complexity index is 1130. The van der Waals surface area contributed by atoms with E-state index in [0.717, 1.165) is 35.0 Å². The van der Waals surface area contributed by atoms with Gasteiger partial charge in [-0.1, -0.05) is 37.3 Å². The largest absolute Gasteiger partial charge is 0.389 e. The molecule has 33 heavy (non-hydrogen) atoms. The number of aromatic nitrogens is 2. The van der Waals surface area contributed by atoms with E-state index >= 15 is 0 Å². The maximum atomic E-state index is 13.0. The van der Waals surface area contributed by atoms with Gasteiger partial charge in [-0.2, -0.15) is 0 Å². The Labute approximate surface area is 199 Å². The summed E-state index contributed by atoms with van der Waals surface area (Å²) in [6, 6.07) is 10.1. The number of thiophene rings is 1. The molecule has 0 fully saturated rings. The first kappa shape index (κ1) is 24.1. The van der Waals surface area contributed by atoms with Crippen LogP contribution in [0.15, 0.2) is 35.1 Å². The lowest BCUT2D eigenvalue weighted by molar-refractivity contribution is -0.0574. The number of H-pyrrole nitrogens is 1. The van der Waals surface area contributed by atoms with Crippen LogP contribution in [-0.2, 0) is 30.7 Å². The lowest BCUT2D eigenvalue weighted by Gasteiger charge is -2.27. The van der Waals surface area contributed by atoms with Crippen molar-refractivity contribution in [2.45, 2.75) is 71.8 Å². The Morgan fingerprint density at radius 2 is 2.03 bits per heavy atom. The van der Waals surface area contributed by atoms with E-state index in [1.165, 1.54) is 10.4 Å². The molecular weight excluding hydrogens is 434 g/mol. The van der Waals surface area contributed by atoms with Gasteiger partial charge in [-0.15, -0.1) is 11.3 Å². The zero-order valence-corrected chi connectivity index (χ0v) is 20.9. The second-order valence-electron chi connectivity index (χ2n) is 10.3. The molecule has 2 aromatic heterocycles. The topological polar surface area (TPSA) is 78.5 Å². The maximum absolute atomic E-state index is 13.0. The summed E-state index contributed by atoms with van der Waals surface area (Å²) in [4.78, 5) is 25.2. The van der Waals surface area contributed by atoms with Crippen molar-refractivity contribution >= 4 is 21.6 Å².